The number of likely N-dealkylation sites (tertiary alicyclic amines) is 2. The second-order valence-corrected chi connectivity index (χ2v) is 7.14. The molecule has 0 spiro atoms. The molecule has 1 atom stereocenters. The second-order valence-electron chi connectivity index (χ2n) is 7.14. The summed E-state index contributed by atoms with van der Waals surface area (Å²) in [5.41, 5.74) is 1.98. The van der Waals surface area contributed by atoms with Crippen LogP contribution in [0.5, 0.6) is 0 Å². The van der Waals surface area contributed by atoms with Gasteiger partial charge in [-0.05, 0) is 43.2 Å². The van der Waals surface area contributed by atoms with Crippen LogP contribution in [0.15, 0.2) is 24.3 Å². The zero-order valence-corrected chi connectivity index (χ0v) is 15.0. The van der Waals surface area contributed by atoms with Crippen LogP contribution in [0, 0.1) is 5.92 Å². The molecule has 2 fully saturated rings. The molecule has 5 nitrogen and oxygen atoms in total. The van der Waals surface area contributed by atoms with Crippen LogP contribution in [0.3, 0.4) is 0 Å². The van der Waals surface area contributed by atoms with Crippen LogP contribution in [-0.4, -0.2) is 53.0 Å². The second kappa shape index (κ2) is 8.00. The molecule has 0 aliphatic carbocycles. The first-order valence-corrected chi connectivity index (χ1v) is 9.45. The van der Waals surface area contributed by atoms with E-state index in [-0.39, 0.29) is 11.8 Å². The maximum absolute atomic E-state index is 12.6. The van der Waals surface area contributed by atoms with Crippen molar-refractivity contribution >= 4 is 11.9 Å². The molecule has 2 heterocycles. The van der Waals surface area contributed by atoms with Crippen LogP contribution in [0.4, 0.5) is 0 Å². The van der Waals surface area contributed by atoms with Crippen molar-refractivity contribution < 1.29 is 14.7 Å². The van der Waals surface area contributed by atoms with Gasteiger partial charge in [-0.1, -0.05) is 31.2 Å². The molecule has 0 saturated carbocycles. The van der Waals surface area contributed by atoms with Gasteiger partial charge < -0.3 is 10.0 Å². The third-order valence-electron chi connectivity index (χ3n) is 5.63. The highest BCUT2D eigenvalue weighted by atomic mass is 16.4. The van der Waals surface area contributed by atoms with Gasteiger partial charge in [0.15, 0.2) is 0 Å². The molecule has 0 unspecified atom stereocenters. The number of piperidine rings is 1. The summed E-state index contributed by atoms with van der Waals surface area (Å²) in [6, 6.07) is 7.20. The first kappa shape index (κ1) is 17.9. The molecule has 1 aromatic rings. The Balaban J connectivity index is 1.69. The van der Waals surface area contributed by atoms with Crippen LogP contribution in [0.25, 0.3) is 0 Å². The summed E-state index contributed by atoms with van der Waals surface area (Å²) >= 11 is 0. The minimum atomic E-state index is -0.801. The first-order valence-electron chi connectivity index (χ1n) is 9.45. The summed E-state index contributed by atoms with van der Waals surface area (Å²) in [7, 11) is 0. The summed E-state index contributed by atoms with van der Waals surface area (Å²) < 4.78 is 0. The van der Waals surface area contributed by atoms with Crippen molar-refractivity contribution in [2.24, 2.45) is 5.92 Å². The van der Waals surface area contributed by atoms with E-state index < -0.39 is 12.0 Å². The summed E-state index contributed by atoms with van der Waals surface area (Å²) in [4.78, 5) is 28.6. The monoisotopic (exact) mass is 344 g/mol. The standard InChI is InChI=1S/C20H28N2O3/c1-2-15-7-3-4-8-17(15)18(20(24)25)21-13-9-16(10-14-21)19(23)22-11-5-6-12-22/h3-4,7-8,16,18H,2,5-6,9-14H2,1H3,(H,24,25)/t18-/m1/s1. The number of benzene rings is 1. The SMILES string of the molecule is CCc1ccccc1[C@H](C(=O)O)N1CCC(C(=O)N2CCCC2)CC1. The number of hydrogen-bond acceptors (Lipinski definition) is 3. The number of aliphatic carboxylic acids is 1. The molecule has 0 aromatic heterocycles. The fourth-order valence-corrected chi connectivity index (χ4v) is 4.21. The molecule has 2 aliphatic rings. The van der Waals surface area contributed by atoms with Crippen molar-refractivity contribution in [1.82, 2.24) is 9.80 Å². The molecule has 2 aliphatic heterocycles. The van der Waals surface area contributed by atoms with Crippen molar-refractivity contribution in [2.45, 2.75) is 45.1 Å². The molecular formula is C20H28N2O3. The normalized spacial score (nSPS) is 20.6. The van der Waals surface area contributed by atoms with E-state index in [1.165, 1.54) is 0 Å². The molecule has 0 radical (unpaired) electrons. The Kier molecular flexibility index (Phi) is 5.74. The highest BCUT2D eigenvalue weighted by molar-refractivity contribution is 5.79. The van der Waals surface area contributed by atoms with Crippen LogP contribution >= 0.6 is 0 Å². The van der Waals surface area contributed by atoms with E-state index in [9.17, 15) is 14.7 Å². The average molecular weight is 344 g/mol. The molecule has 0 bridgehead atoms. The Morgan fingerprint density at radius 2 is 1.76 bits per heavy atom. The van der Waals surface area contributed by atoms with Crippen molar-refractivity contribution in [3.05, 3.63) is 35.4 Å². The average Bonchev–Trinajstić information content (AvgIpc) is 3.17. The fraction of sp³-hybridized carbons (Fsp3) is 0.600. The van der Waals surface area contributed by atoms with E-state index in [1.54, 1.807) is 0 Å². The topological polar surface area (TPSA) is 60.9 Å². The Hall–Kier alpha value is -1.88. The molecular weight excluding hydrogens is 316 g/mol. The van der Waals surface area contributed by atoms with Gasteiger partial charge in [0.2, 0.25) is 5.91 Å². The molecule has 5 heteroatoms. The lowest BCUT2D eigenvalue weighted by Crippen LogP contribution is -2.44. The lowest BCUT2D eigenvalue weighted by Gasteiger charge is -2.37. The smallest absolute Gasteiger partial charge is 0.325 e. The first-order chi connectivity index (χ1) is 12.1. The van der Waals surface area contributed by atoms with Gasteiger partial charge in [-0.2, -0.15) is 0 Å². The van der Waals surface area contributed by atoms with Crippen LogP contribution in [0.1, 0.15) is 49.8 Å². The largest absolute Gasteiger partial charge is 0.480 e. The van der Waals surface area contributed by atoms with Crippen molar-refractivity contribution in [1.29, 1.82) is 0 Å². The number of carbonyl (C=O) groups excluding carboxylic acids is 1. The van der Waals surface area contributed by atoms with Gasteiger partial charge in [0.1, 0.15) is 6.04 Å². The number of hydrogen-bond donors (Lipinski definition) is 1. The maximum atomic E-state index is 12.6. The lowest BCUT2D eigenvalue weighted by atomic mass is 9.91. The van der Waals surface area contributed by atoms with E-state index in [0.717, 1.165) is 56.3 Å². The Morgan fingerprint density at radius 1 is 1.12 bits per heavy atom. The van der Waals surface area contributed by atoms with E-state index in [1.807, 2.05) is 34.1 Å². The number of rotatable bonds is 5. The number of carboxylic acids is 1. The Labute approximate surface area is 149 Å². The Bertz CT molecular complexity index is 617. The quantitative estimate of drug-likeness (QED) is 0.892. The fourth-order valence-electron chi connectivity index (χ4n) is 4.21. The number of aryl methyl sites for hydroxylation is 1. The van der Waals surface area contributed by atoms with Crippen molar-refractivity contribution in [3.8, 4) is 0 Å². The van der Waals surface area contributed by atoms with Crippen LogP contribution in [0.2, 0.25) is 0 Å². The summed E-state index contributed by atoms with van der Waals surface area (Å²) in [6.07, 6.45) is 4.56. The molecule has 136 valence electrons. The minimum absolute atomic E-state index is 0.0604. The van der Waals surface area contributed by atoms with Crippen molar-refractivity contribution in [2.75, 3.05) is 26.2 Å². The van der Waals surface area contributed by atoms with Gasteiger partial charge in [-0.15, -0.1) is 0 Å². The molecule has 3 rings (SSSR count). The van der Waals surface area contributed by atoms with E-state index >= 15 is 0 Å². The third kappa shape index (κ3) is 3.87. The molecule has 1 amide bonds. The highest BCUT2D eigenvalue weighted by Crippen LogP contribution is 2.30. The van der Waals surface area contributed by atoms with Gasteiger partial charge in [0, 0.05) is 32.1 Å². The van der Waals surface area contributed by atoms with Crippen LogP contribution < -0.4 is 0 Å². The molecule has 1 aromatic carbocycles. The highest BCUT2D eigenvalue weighted by Gasteiger charge is 2.35. The zero-order valence-electron chi connectivity index (χ0n) is 15.0. The summed E-state index contributed by atoms with van der Waals surface area (Å²) in [5.74, 6) is -0.464. The summed E-state index contributed by atoms with van der Waals surface area (Å²) in [6.45, 7) is 5.17. The molecule has 2 saturated heterocycles. The maximum Gasteiger partial charge on any atom is 0.325 e. The number of amides is 1. The van der Waals surface area contributed by atoms with E-state index in [2.05, 4.69) is 6.92 Å². The van der Waals surface area contributed by atoms with Gasteiger partial charge in [-0.25, -0.2) is 0 Å². The molecule has 1 N–H and O–H groups in total. The Morgan fingerprint density at radius 3 is 2.36 bits per heavy atom. The predicted molar refractivity (Wildman–Crippen MR) is 96.3 cm³/mol. The number of nitrogens with zero attached hydrogens (tertiary/aromatic N) is 2. The number of carbonyl (C=O) groups is 2. The van der Waals surface area contributed by atoms with Gasteiger partial charge in [0.25, 0.3) is 0 Å². The van der Waals surface area contributed by atoms with Gasteiger partial charge >= 0.3 is 5.97 Å². The van der Waals surface area contributed by atoms with Gasteiger partial charge in [0.05, 0.1) is 0 Å². The summed E-state index contributed by atoms with van der Waals surface area (Å²) in [5, 5.41) is 9.83. The van der Waals surface area contributed by atoms with Crippen LogP contribution in [-0.2, 0) is 16.0 Å². The van der Waals surface area contributed by atoms with Crippen molar-refractivity contribution in [3.63, 3.8) is 0 Å². The zero-order chi connectivity index (χ0) is 17.8. The minimum Gasteiger partial charge on any atom is -0.480 e. The van der Waals surface area contributed by atoms with E-state index in [4.69, 9.17) is 0 Å². The predicted octanol–water partition coefficient (Wildman–Crippen LogP) is 2.71. The molecule has 25 heavy (non-hydrogen) atoms. The number of carboxylic acid groups (broad SMARTS) is 1. The van der Waals surface area contributed by atoms with E-state index in [0.29, 0.717) is 13.1 Å². The van der Waals surface area contributed by atoms with Gasteiger partial charge in [-0.3, -0.25) is 14.5 Å². The lowest BCUT2D eigenvalue weighted by molar-refractivity contribution is -0.145. The third-order valence-corrected chi connectivity index (χ3v) is 5.63.